The molecular weight excluding hydrogens is 1750 g/mol. The van der Waals surface area contributed by atoms with Crippen LogP contribution < -0.4 is 0 Å². The minimum atomic E-state index is -1.40. The van der Waals surface area contributed by atoms with Gasteiger partial charge < -0.3 is 85.3 Å². The van der Waals surface area contributed by atoms with Crippen LogP contribution in [0, 0.1) is 91.7 Å². The molecule has 0 aromatic rings. The SMILES string of the molecule is CCC(C)(C)C(=O)OC(C)(C)C(=O)OC1(C)CCC2CC1OC2=O.CCC(C)(C)C(=O)OC(C)(C)C(=O)OC1CCC2CC1OC2=O.CCC(C)(C)C(=O)OCCOC(=O)CCC(=O)OC1(C)C2CC3C(=O)OC1C3C2.CCC(C)(C)C(=O)OCCOC(=O)CCC(=O)OC1C2CC3C(=O)OC1(C)C3C2.CCC(C)(C)C(=O)OCCOC(=O)CCC(=O)OC1C2OC(=O)C3CC1(C)CC32. The highest BCUT2D eigenvalue weighted by Gasteiger charge is 2.72. The summed E-state index contributed by atoms with van der Waals surface area (Å²) >= 11 is 0. The first kappa shape index (κ1) is 108. The molecule has 0 radical (unpaired) electrons. The number of carbonyl (C=O) groups is 18. The van der Waals surface area contributed by atoms with Crippen molar-refractivity contribution in [1.82, 2.24) is 0 Å². The lowest BCUT2D eigenvalue weighted by Crippen LogP contribution is -2.51. The van der Waals surface area contributed by atoms with Gasteiger partial charge in [0.05, 0.1) is 95.2 Å². The van der Waals surface area contributed by atoms with Crippen LogP contribution in [-0.2, 0) is 172 Å². The van der Waals surface area contributed by atoms with Gasteiger partial charge in [-0.15, -0.1) is 0 Å². The fraction of sp³-hybridized carbons (Fsp3) is 0.816. The van der Waals surface area contributed by atoms with Gasteiger partial charge in [0.1, 0.15) is 99.2 Å². The summed E-state index contributed by atoms with van der Waals surface area (Å²) in [7, 11) is 0. The molecule has 8 aliphatic carbocycles. The third kappa shape index (κ3) is 24.9. The minimum absolute atomic E-state index is 0.0194. The van der Waals surface area contributed by atoms with Crippen molar-refractivity contribution in [2.75, 3.05) is 39.6 Å². The van der Waals surface area contributed by atoms with Gasteiger partial charge in [-0.25, -0.2) is 9.59 Å². The Morgan fingerprint density at radius 3 is 1.31 bits per heavy atom. The van der Waals surface area contributed by atoms with Gasteiger partial charge >= 0.3 is 107 Å². The molecule has 0 aromatic heterocycles. The molecule has 36 nitrogen and oxygen atoms in total. The van der Waals surface area contributed by atoms with E-state index >= 15 is 0 Å². The minimum Gasteiger partial charge on any atom is -0.462 e. The number of rotatable bonds is 37. The van der Waals surface area contributed by atoms with Crippen LogP contribution in [0.5, 0.6) is 0 Å². The maximum Gasteiger partial charge on any atom is 0.350 e. The quantitative estimate of drug-likeness (QED) is 0.0317. The molecule has 5 aliphatic heterocycles. The van der Waals surface area contributed by atoms with E-state index in [-0.39, 0.29) is 209 Å². The largest absolute Gasteiger partial charge is 0.462 e. The summed E-state index contributed by atoms with van der Waals surface area (Å²) in [5, 5.41) is 0. The smallest absolute Gasteiger partial charge is 0.350 e. The van der Waals surface area contributed by atoms with E-state index in [9.17, 15) is 86.3 Å². The number of esters is 18. The summed E-state index contributed by atoms with van der Waals surface area (Å²) in [5.41, 5.74) is -8.47. The first-order valence-corrected chi connectivity index (χ1v) is 47.8. The number of carbonyl (C=O) groups excluding carboxylic acids is 18. The number of hydrogen-bond acceptors (Lipinski definition) is 36. The second kappa shape index (κ2) is 42.6. The van der Waals surface area contributed by atoms with Crippen molar-refractivity contribution in [3.8, 4) is 0 Å². The predicted molar refractivity (Wildman–Crippen MR) is 465 cm³/mol. The molecule has 10 bridgehead atoms. The third-order valence-electron chi connectivity index (χ3n) is 30.5. The predicted octanol–water partition coefficient (Wildman–Crippen LogP) is 11.7. The average molecular weight is 1900 g/mol. The lowest BCUT2D eigenvalue weighted by molar-refractivity contribution is -0.202. The van der Waals surface area contributed by atoms with E-state index < -0.39 is 139 Å². The zero-order valence-corrected chi connectivity index (χ0v) is 82.5. The van der Waals surface area contributed by atoms with E-state index in [1.165, 1.54) is 27.7 Å². The normalized spacial score (nSPS) is 30.9. The number of hydrogen-bond donors (Lipinski definition) is 0. The highest BCUT2D eigenvalue weighted by Crippen LogP contribution is 2.64. The van der Waals surface area contributed by atoms with Gasteiger partial charge in [0, 0.05) is 47.8 Å². The molecule has 0 aromatic carbocycles. The van der Waals surface area contributed by atoms with Crippen molar-refractivity contribution in [2.24, 2.45) is 91.7 Å². The zero-order valence-electron chi connectivity index (χ0n) is 82.5. The average Bonchev–Trinajstić information content (AvgIpc) is 1.54. The van der Waals surface area contributed by atoms with Crippen LogP contribution >= 0.6 is 0 Å². The van der Waals surface area contributed by atoms with Gasteiger partial charge in [-0.05, 0) is 214 Å². The van der Waals surface area contributed by atoms with Crippen LogP contribution in [0.25, 0.3) is 0 Å². The van der Waals surface area contributed by atoms with Gasteiger partial charge in [-0.3, -0.25) is 76.7 Å². The monoisotopic (exact) mass is 1900 g/mol. The first-order valence-electron chi connectivity index (χ1n) is 47.8. The first-order chi connectivity index (χ1) is 62.2. The van der Waals surface area contributed by atoms with Crippen LogP contribution in [0.1, 0.15) is 307 Å². The fourth-order valence-corrected chi connectivity index (χ4v) is 19.3. The van der Waals surface area contributed by atoms with E-state index in [2.05, 4.69) is 0 Å². The van der Waals surface area contributed by atoms with Crippen LogP contribution in [0.4, 0.5) is 0 Å². The summed E-state index contributed by atoms with van der Waals surface area (Å²) in [6.45, 7) is 40.6. The molecule has 13 aliphatic rings. The highest BCUT2D eigenvalue weighted by molar-refractivity contribution is 5.88. The maximum absolute atomic E-state index is 12.6. The van der Waals surface area contributed by atoms with Gasteiger partial charge in [-0.1, -0.05) is 41.5 Å². The molecular formula is C98H144O36. The molecule has 5 saturated heterocycles. The molecule has 752 valence electrons. The van der Waals surface area contributed by atoms with Gasteiger partial charge in [0.25, 0.3) is 0 Å². The van der Waals surface area contributed by atoms with Crippen molar-refractivity contribution >= 4 is 107 Å². The maximum atomic E-state index is 12.6. The summed E-state index contributed by atoms with van der Waals surface area (Å²) < 4.78 is 96.1. The molecule has 13 fully saturated rings. The van der Waals surface area contributed by atoms with E-state index in [0.29, 0.717) is 89.9 Å². The second-order valence-electron chi connectivity index (χ2n) is 43.1. The Morgan fingerprint density at radius 1 is 0.373 bits per heavy atom. The summed E-state index contributed by atoms with van der Waals surface area (Å²) in [5.74, 6) is -6.96. The Labute approximate surface area is 784 Å². The highest BCUT2D eigenvalue weighted by atomic mass is 16.7. The summed E-state index contributed by atoms with van der Waals surface area (Å²) in [4.78, 5) is 216. The number of fused-ring (bicyclic) bond motifs is 7. The van der Waals surface area contributed by atoms with Crippen molar-refractivity contribution in [2.45, 2.75) is 378 Å². The summed E-state index contributed by atoms with van der Waals surface area (Å²) in [6, 6.07) is 0. The Hall–Kier alpha value is -9.54. The van der Waals surface area contributed by atoms with Crippen LogP contribution in [-0.4, -0.2) is 218 Å². The fourth-order valence-electron chi connectivity index (χ4n) is 19.3. The van der Waals surface area contributed by atoms with E-state index in [4.69, 9.17) is 85.3 Å². The van der Waals surface area contributed by atoms with Crippen LogP contribution in [0.2, 0.25) is 0 Å². The molecule has 21 atom stereocenters. The molecule has 5 heterocycles. The molecule has 0 amide bonds. The van der Waals surface area contributed by atoms with E-state index in [1.54, 1.807) is 76.2 Å². The lowest BCUT2D eigenvalue weighted by atomic mass is 9.79. The Morgan fingerprint density at radius 2 is 0.813 bits per heavy atom. The van der Waals surface area contributed by atoms with Crippen LogP contribution in [0.15, 0.2) is 0 Å². The molecule has 0 N–H and O–H groups in total. The van der Waals surface area contributed by atoms with Crippen molar-refractivity contribution in [3.63, 3.8) is 0 Å². The van der Waals surface area contributed by atoms with Gasteiger partial charge in [0.2, 0.25) is 11.2 Å². The zero-order chi connectivity index (χ0) is 99.9. The van der Waals surface area contributed by atoms with Gasteiger partial charge in [-0.2, -0.15) is 0 Å². The van der Waals surface area contributed by atoms with E-state index in [0.717, 1.165) is 19.3 Å². The van der Waals surface area contributed by atoms with Crippen molar-refractivity contribution in [1.29, 1.82) is 0 Å². The standard InChI is InChI=1S/3C21H30O8.C18H28O6.C17H26O6/c1-5-20(2,3)19(25)27-9-8-26-14(22)6-7-15(23)28-17-16-12-10-21(17,4)11-13(12)18(24)29-16;1-5-20(2,3)19(25)27-9-8-26-15(22)6-7-16(23)29-21(4)12-10-13-14(11-12)18(24)28-17(13)21;1-5-20(2,3)19(25)27-9-8-26-15(22)6-7-16(23)28-17-12-10-13-14(11-12)21(17,4)29-18(13)24;1-7-16(2,3)14(20)23-17(4,5)15(21)24-18(6)9-8-11-10-12(18)22-13(11)19;1-6-16(2,3)14(19)23-17(4,5)15(20)22-11-8-7-10-9-12(11)21-13(10)18/h12-13,16-17H,5-11H2,1-4H3;2*12-14,17H,5-11H2,1-4H3;11-12H,7-10H2,1-6H3;10-12H,6-9H2,1-5H3. The Kier molecular flexibility index (Phi) is 34.4. The summed E-state index contributed by atoms with van der Waals surface area (Å²) in [6.07, 6.45) is 7.79. The van der Waals surface area contributed by atoms with Crippen LogP contribution in [0.3, 0.4) is 0 Å². The molecule has 134 heavy (non-hydrogen) atoms. The molecule has 8 saturated carbocycles. The molecule has 13 rings (SSSR count). The molecule has 21 unspecified atom stereocenters. The topological polar surface area (TPSA) is 473 Å². The molecule has 0 spiro atoms. The van der Waals surface area contributed by atoms with Crippen molar-refractivity contribution < 1.29 is 172 Å². The van der Waals surface area contributed by atoms with E-state index in [1.807, 2.05) is 55.4 Å². The second-order valence-corrected chi connectivity index (χ2v) is 43.1. The van der Waals surface area contributed by atoms with Crippen molar-refractivity contribution in [3.05, 3.63) is 0 Å². The van der Waals surface area contributed by atoms with Gasteiger partial charge in [0.15, 0.2) is 0 Å². The Bertz CT molecular complexity index is 4350. The number of ether oxygens (including phenoxy) is 18. The third-order valence-corrected chi connectivity index (χ3v) is 30.5. The lowest BCUT2D eigenvalue weighted by Gasteiger charge is -2.38. The Balaban J connectivity index is 0.000000189. The molecule has 36 heteroatoms.